The van der Waals surface area contributed by atoms with Gasteiger partial charge < -0.3 is 33.2 Å². The first-order valence-corrected chi connectivity index (χ1v) is 14.3. The molecule has 5 atom stereocenters. The van der Waals surface area contributed by atoms with Crippen molar-refractivity contribution < 1.29 is 42.7 Å². The number of hydrogen-bond acceptors (Lipinski definition) is 9. The molecule has 1 saturated carbocycles. The van der Waals surface area contributed by atoms with Crippen molar-refractivity contribution in [3.05, 3.63) is 77.4 Å². The van der Waals surface area contributed by atoms with Crippen molar-refractivity contribution in [1.29, 1.82) is 0 Å². The van der Waals surface area contributed by atoms with Gasteiger partial charge in [-0.2, -0.15) is 0 Å². The van der Waals surface area contributed by atoms with Crippen molar-refractivity contribution in [2.45, 2.75) is 69.7 Å². The minimum absolute atomic E-state index is 0.0432. The van der Waals surface area contributed by atoms with E-state index in [0.717, 1.165) is 12.8 Å². The van der Waals surface area contributed by atoms with Crippen molar-refractivity contribution >= 4 is 18.0 Å². The Labute approximate surface area is 246 Å². The van der Waals surface area contributed by atoms with E-state index < -0.39 is 36.0 Å². The third-order valence-electron chi connectivity index (χ3n) is 7.65. The second kappa shape index (κ2) is 13.1. The molecule has 1 unspecified atom stereocenters. The molecular formula is C33H38O9. The van der Waals surface area contributed by atoms with Crippen molar-refractivity contribution in [3.8, 4) is 11.5 Å². The smallest absolute Gasteiger partial charge is 0.342 e. The summed E-state index contributed by atoms with van der Waals surface area (Å²) in [6.45, 7) is 3.64. The summed E-state index contributed by atoms with van der Waals surface area (Å²) >= 11 is 0. The molecule has 1 aliphatic carbocycles. The maximum atomic E-state index is 13.7. The van der Waals surface area contributed by atoms with Gasteiger partial charge in [0, 0.05) is 19.1 Å². The largest absolute Gasteiger partial charge is 0.497 e. The summed E-state index contributed by atoms with van der Waals surface area (Å²) in [6, 6.07) is 12.3. The van der Waals surface area contributed by atoms with E-state index in [1.165, 1.54) is 7.11 Å². The van der Waals surface area contributed by atoms with Gasteiger partial charge >= 0.3 is 11.9 Å². The first-order chi connectivity index (χ1) is 20.3. The molecule has 0 aromatic heterocycles. The van der Waals surface area contributed by atoms with Crippen LogP contribution >= 0.6 is 0 Å². The lowest BCUT2D eigenvalue weighted by Gasteiger charge is -2.25. The second-order valence-corrected chi connectivity index (χ2v) is 11.1. The summed E-state index contributed by atoms with van der Waals surface area (Å²) in [5.74, 6) is -1.06. The standard InChI is InChI=1S/C33H38O9/c1-33(2)41-27-15-9-13-23-18-24(37-4)19-28(38-20-36-3)29(23)32(35)39-25-14-8-12-21(25)16-17-26(30(27)42-33)40-31(34)22-10-6-5-7-11-22/h5-7,9-11,13,16-19,21,25-27,30H,8,12,14-15,20H2,1-4H3/b13-9?,17-16-/t21-,25+,26?,27-,30+/m0/s1. The summed E-state index contributed by atoms with van der Waals surface area (Å²) < 4.78 is 41.2. The molecule has 0 spiro atoms. The van der Waals surface area contributed by atoms with Crippen LogP contribution in [0.1, 0.15) is 65.8 Å². The lowest BCUT2D eigenvalue weighted by molar-refractivity contribution is -0.152. The quantitative estimate of drug-likeness (QED) is 0.242. The van der Waals surface area contributed by atoms with E-state index in [4.69, 9.17) is 33.2 Å². The summed E-state index contributed by atoms with van der Waals surface area (Å²) in [5.41, 5.74) is 1.32. The molecule has 2 aliphatic heterocycles. The van der Waals surface area contributed by atoms with Gasteiger partial charge in [0.2, 0.25) is 0 Å². The Hall–Kier alpha value is -3.66. The molecule has 0 radical (unpaired) electrons. The zero-order chi connectivity index (χ0) is 29.7. The fourth-order valence-electron chi connectivity index (χ4n) is 5.72. The highest BCUT2D eigenvalue weighted by molar-refractivity contribution is 5.97. The number of hydrogen-bond donors (Lipinski definition) is 0. The SMILES string of the molecule is COCOc1cc(OC)cc2c1C(=O)O[C@@H]1CCC[C@H]1/C=C\C(OC(=O)c1ccccc1)[C@H]1OC(C)(C)O[C@H]1CC=C2. The Bertz CT molecular complexity index is 1320. The molecule has 0 bridgehead atoms. The van der Waals surface area contributed by atoms with E-state index in [-0.39, 0.29) is 18.8 Å². The number of fused-ring (bicyclic) bond motifs is 3. The Morgan fingerprint density at radius 3 is 2.60 bits per heavy atom. The molecule has 5 rings (SSSR count). The van der Waals surface area contributed by atoms with E-state index >= 15 is 0 Å². The molecule has 224 valence electrons. The molecule has 2 aromatic rings. The van der Waals surface area contributed by atoms with Crippen molar-refractivity contribution in [3.63, 3.8) is 0 Å². The summed E-state index contributed by atoms with van der Waals surface area (Å²) in [5, 5.41) is 0. The maximum Gasteiger partial charge on any atom is 0.342 e. The molecule has 1 saturated heterocycles. The number of benzene rings is 2. The van der Waals surface area contributed by atoms with Gasteiger partial charge in [-0.3, -0.25) is 0 Å². The van der Waals surface area contributed by atoms with Gasteiger partial charge in [-0.1, -0.05) is 36.4 Å². The van der Waals surface area contributed by atoms with E-state index in [1.54, 1.807) is 43.5 Å². The van der Waals surface area contributed by atoms with Crippen molar-refractivity contribution in [2.75, 3.05) is 21.0 Å². The lowest BCUT2D eigenvalue weighted by atomic mass is 9.98. The molecule has 9 nitrogen and oxygen atoms in total. The average molecular weight is 579 g/mol. The minimum atomic E-state index is -0.889. The van der Waals surface area contributed by atoms with Gasteiger partial charge in [0.15, 0.2) is 12.6 Å². The van der Waals surface area contributed by atoms with Crippen LogP contribution < -0.4 is 9.47 Å². The second-order valence-electron chi connectivity index (χ2n) is 11.1. The lowest BCUT2D eigenvalue weighted by Crippen LogP contribution is -2.37. The number of carbonyl (C=O) groups is 2. The maximum absolute atomic E-state index is 13.7. The third-order valence-corrected chi connectivity index (χ3v) is 7.65. The van der Waals surface area contributed by atoms with Crippen LogP contribution in [0.2, 0.25) is 0 Å². The van der Waals surface area contributed by atoms with Gasteiger partial charge in [0.25, 0.3) is 0 Å². The Morgan fingerprint density at radius 2 is 1.83 bits per heavy atom. The van der Waals surface area contributed by atoms with Crippen LogP contribution in [0.5, 0.6) is 11.5 Å². The van der Waals surface area contributed by atoms with E-state index in [2.05, 4.69) is 0 Å². The molecule has 3 aliphatic rings. The monoisotopic (exact) mass is 578 g/mol. The number of rotatable bonds is 6. The third kappa shape index (κ3) is 6.86. The van der Waals surface area contributed by atoms with Crippen LogP contribution in [0.15, 0.2) is 60.7 Å². The number of ether oxygens (including phenoxy) is 7. The van der Waals surface area contributed by atoms with Crippen LogP contribution in [0.25, 0.3) is 6.08 Å². The van der Waals surface area contributed by atoms with Crippen molar-refractivity contribution in [1.82, 2.24) is 0 Å². The number of esters is 2. The van der Waals surface area contributed by atoms with Crippen LogP contribution in [0.4, 0.5) is 0 Å². The Balaban J connectivity index is 1.54. The summed E-state index contributed by atoms with van der Waals surface area (Å²) in [7, 11) is 3.06. The summed E-state index contributed by atoms with van der Waals surface area (Å²) in [4.78, 5) is 26.8. The Morgan fingerprint density at radius 1 is 1.02 bits per heavy atom. The first-order valence-electron chi connectivity index (χ1n) is 14.3. The fraction of sp³-hybridized carbons (Fsp3) is 0.455. The average Bonchev–Trinajstić information content (AvgIpc) is 3.55. The molecule has 0 amide bonds. The van der Waals surface area contributed by atoms with Crippen molar-refractivity contribution in [2.24, 2.45) is 5.92 Å². The predicted molar refractivity (Wildman–Crippen MR) is 154 cm³/mol. The zero-order valence-corrected chi connectivity index (χ0v) is 24.4. The van der Waals surface area contributed by atoms with E-state index in [1.807, 2.05) is 44.2 Å². The van der Waals surface area contributed by atoms with Crippen LogP contribution in [-0.2, 0) is 23.7 Å². The Kier molecular flexibility index (Phi) is 9.30. The number of methoxy groups -OCH3 is 2. The highest BCUT2D eigenvalue weighted by atomic mass is 16.8. The summed E-state index contributed by atoms with van der Waals surface area (Å²) in [6.07, 6.45) is 8.35. The topological polar surface area (TPSA) is 98.8 Å². The molecule has 9 heteroatoms. The predicted octanol–water partition coefficient (Wildman–Crippen LogP) is 5.72. The molecule has 2 aromatic carbocycles. The van der Waals surface area contributed by atoms with Crippen LogP contribution in [0, 0.1) is 5.92 Å². The highest BCUT2D eigenvalue weighted by Crippen LogP contribution is 2.37. The first kappa shape index (κ1) is 29.8. The van der Waals surface area contributed by atoms with Gasteiger partial charge in [-0.15, -0.1) is 0 Å². The zero-order valence-electron chi connectivity index (χ0n) is 24.4. The molecule has 2 fully saturated rings. The van der Waals surface area contributed by atoms with E-state index in [9.17, 15) is 9.59 Å². The minimum Gasteiger partial charge on any atom is -0.497 e. The number of carbonyl (C=O) groups excluding carboxylic acids is 2. The molecule has 0 N–H and O–H groups in total. The van der Waals surface area contributed by atoms with Gasteiger partial charge in [-0.05, 0) is 69.4 Å². The van der Waals surface area contributed by atoms with Crippen LogP contribution in [-0.4, -0.2) is 63.2 Å². The van der Waals surface area contributed by atoms with Gasteiger partial charge in [-0.25, -0.2) is 9.59 Å². The molecule has 2 heterocycles. The highest BCUT2D eigenvalue weighted by Gasteiger charge is 2.46. The van der Waals surface area contributed by atoms with Gasteiger partial charge in [0.1, 0.15) is 35.4 Å². The molecular weight excluding hydrogens is 540 g/mol. The van der Waals surface area contributed by atoms with Crippen LogP contribution in [0.3, 0.4) is 0 Å². The van der Waals surface area contributed by atoms with E-state index in [0.29, 0.717) is 41.0 Å². The normalized spacial score (nSPS) is 27.5. The van der Waals surface area contributed by atoms with Gasteiger partial charge in [0.05, 0.1) is 18.8 Å². The molecule has 42 heavy (non-hydrogen) atoms. The fourth-order valence-corrected chi connectivity index (χ4v) is 5.72.